The van der Waals surface area contributed by atoms with Crippen molar-refractivity contribution < 1.29 is 17.6 Å². The van der Waals surface area contributed by atoms with Crippen molar-refractivity contribution in [3.8, 4) is 0 Å². The van der Waals surface area contributed by atoms with E-state index in [-0.39, 0.29) is 11.8 Å². The zero-order valence-corrected chi connectivity index (χ0v) is 9.46. The molecule has 1 atom stereocenters. The number of hydrogen-bond acceptors (Lipinski definition) is 2. The normalized spacial score (nSPS) is 20.4. The molecule has 2 rings (SSSR count). The van der Waals surface area contributed by atoms with Crippen LogP contribution in [-0.4, -0.2) is 12.2 Å². The predicted octanol–water partition coefficient (Wildman–Crippen LogP) is 3.81. The minimum absolute atomic E-state index is 0.0527. The van der Waals surface area contributed by atoms with Crippen LogP contribution in [0.25, 0.3) is 0 Å². The van der Waals surface area contributed by atoms with Crippen LogP contribution in [0, 0.1) is 0 Å². The molecule has 0 spiro atoms. The third-order valence-corrected chi connectivity index (χ3v) is 3.16. The van der Waals surface area contributed by atoms with Gasteiger partial charge in [0.05, 0.1) is 6.26 Å². The lowest BCUT2D eigenvalue weighted by molar-refractivity contribution is -0.164. The van der Waals surface area contributed by atoms with Crippen molar-refractivity contribution in [2.24, 2.45) is 0 Å². The SMILES string of the molecule is FC(F)(F)C(NC1CCCCC1)c1ccco1. The number of hydrogen-bond donors (Lipinski definition) is 1. The Bertz CT molecular complexity index is 328. The van der Waals surface area contributed by atoms with Crippen LogP contribution >= 0.6 is 0 Å². The molecule has 0 bridgehead atoms. The number of furan rings is 1. The topological polar surface area (TPSA) is 25.2 Å². The van der Waals surface area contributed by atoms with E-state index in [0.29, 0.717) is 0 Å². The Morgan fingerprint density at radius 3 is 2.47 bits per heavy atom. The van der Waals surface area contributed by atoms with E-state index in [4.69, 9.17) is 4.42 Å². The highest BCUT2D eigenvalue weighted by molar-refractivity contribution is 5.07. The van der Waals surface area contributed by atoms with E-state index < -0.39 is 12.2 Å². The van der Waals surface area contributed by atoms with Gasteiger partial charge < -0.3 is 4.42 Å². The molecule has 1 aliphatic rings. The monoisotopic (exact) mass is 247 g/mol. The molecule has 1 saturated carbocycles. The molecule has 0 amide bonds. The first-order valence-electron chi connectivity index (χ1n) is 5.93. The maximum atomic E-state index is 12.9. The summed E-state index contributed by atoms with van der Waals surface area (Å²) in [5, 5.41) is 2.68. The first kappa shape index (κ1) is 12.5. The predicted molar refractivity (Wildman–Crippen MR) is 57.5 cm³/mol. The zero-order valence-electron chi connectivity index (χ0n) is 9.46. The van der Waals surface area contributed by atoms with E-state index in [1.165, 1.54) is 18.4 Å². The quantitative estimate of drug-likeness (QED) is 0.878. The summed E-state index contributed by atoms with van der Waals surface area (Å²) in [5.41, 5.74) is 0. The number of halogens is 3. The third-order valence-electron chi connectivity index (χ3n) is 3.16. The van der Waals surface area contributed by atoms with E-state index in [1.54, 1.807) is 0 Å². The second-order valence-electron chi connectivity index (χ2n) is 4.49. The Hall–Kier alpha value is -0.970. The van der Waals surface area contributed by atoms with Crippen LogP contribution in [0.3, 0.4) is 0 Å². The van der Waals surface area contributed by atoms with Crippen molar-refractivity contribution in [3.63, 3.8) is 0 Å². The van der Waals surface area contributed by atoms with Crippen LogP contribution in [0.4, 0.5) is 13.2 Å². The van der Waals surface area contributed by atoms with Crippen LogP contribution in [-0.2, 0) is 0 Å². The minimum atomic E-state index is -4.31. The van der Waals surface area contributed by atoms with Gasteiger partial charge in [0, 0.05) is 6.04 Å². The summed E-state index contributed by atoms with van der Waals surface area (Å²) in [7, 11) is 0. The highest BCUT2D eigenvalue weighted by Gasteiger charge is 2.43. The molecule has 0 saturated heterocycles. The van der Waals surface area contributed by atoms with Crippen molar-refractivity contribution in [2.75, 3.05) is 0 Å². The molecule has 1 aliphatic carbocycles. The molecule has 1 heterocycles. The Morgan fingerprint density at radius 2 is 1.94 bits per heavy atom. The fraction of sp³-hybridized carbons (Fsp3) is 0.667. The van der Waals surface area contributed by atoms with E-state index in [2.05, 4.69) is 5.32 Å². The fourth-order valence-corrected chi connectivity index (χ4v) is 2.30. The lowest BCUT2D eigenvalue weighted by Gasteiger charge is -2.28. The summed E-state index contributed by atoms with van der Waals surface area (Å²) in [6.45, 7) is 0. The van der Waals surface area contributed by atoms with E-state index in [1.807, 2.05) is 0 Å². The van der Waals surface area contributed by atoms with Gasteiger partial charge in [-0.25, -0.2) is 0 Å². The van der Waals surface area contributed by atoms with Gasteiger partial charge >= 0.3 is 6.18 Å². The standard InChI is InChI=1S/C12H16F3NO/c13-12(14,15)11(10-7-4-8-17-10)16-9-5-2-1-3-6-9/h4,7-9,11,16H,1-3,5-6H2. The molecule has 1 N–H and O–H groups in total. The van der Waals surface area contributed by atoms with Crippen molar-refractivity contribution >= 4 is 0 Å². The van der Waals surface area contributed by atoms with Gasteiger partial charge in [0.2, 0.25) is 0 Å². The van der Waals surface area contributed by atoms with E-state index >= 15 is 0 Å². The number of rotatable bonds is 3. The van der Waals surface area contributed by atoms with Crippen LogP contribution < -0.4 is 5.32 Å². The van der Waals surface area contributed by atoms with Gasteiger partial charge in [-0.1, -0.05) is 19.3 Å². The molecule has 0 aliphatic heterocycles. The Labute approximate surface area is 98.2 Å². The molecule has 17 heavy (non-hydrogen) atoms. The second-order valence-corrected chi connectivity index (χ2v) is 4.49. The Balaban J connectivity index is 2.06. The van der Waals surface area contributed by atoms with Gasteiger partial charge in [-0.15, -0.1) is 0 Å². The lowest BCUT2D eigenvalue weighted by Crippen LogP contribution is -2.41. The van der Waals surface area contributed by atoms with Gasteiger partial charge in [0.1, 0.15) is 5.76 Å². The van der Waals surface area contributed by atoms with Gasteiger partial charge in [0.25, 0.3) is 0 Å². The smallest absolute Gasteiger partial charge is 0.411 e. The molecular weight excluding hydrogens is 231 g/mol. The summed E-state index contributed by atoms with van der Waals surface area (Å²) >= 11 is 0. The average molecular weight is 247 g/mol. The van der Waals surface area contributed by atoms with Crippen molar-refractivity contribution in [1.29, 1.82) is 0 Å². The van der Waals surface area contributed by atoms with E-state index in [9.17, 15) is 13.2 Å². The second kappa shape index (κ2) is 5.12. The van der Waals surface area contributed by atoms with Gasteiger partial charge in [0.15, 0.2) is 6.04 Å². The third kappa shape index (κ3) is 3.25. The molecule has 2 nitrogen and oxygen atoms in total. The van der Waals surface area contributed by atoms with E-state index in [0.717, 1.165) is 32.1 Å². The summed E-state index contributed by atoms with van der Waals surface area (Å²) in [6, 6.07) is 1.12. The van der Waals surface area contributed by atoms with Crippen LogP contribution in [0.5, 0.6) is 0 Å². The minimum Gasteiger partial charge on any atom is -0.467 e. The Kier molecular flexibility index (Phi) is 3.76. The van der Waals surface area contributed by atoms with Gasteiger partial charge in [-0.3, -0.25) is 5.32 Å². The molecular formula is C12H16F3NO. The summed E-state index contributed by atoms with van der Waals surface area (Å²) < 4.78 is 43.6. The van der Waals surface area contributed by atoms with Crippen molar-refractivity contribution in [2.45, 2.75) is 50.4 Å². The molecule has 96 valence electrons. The molecule has 0 radical (unpaired) electrons. The largest absolute Gasteiger partial charge is 0.467 e. The fourth-order valence-electron chi connectivity index (χ4n) is 2.30. The highest BCUT2D eigenvalue weighted by atomic mass is 19.4. The maximum Gasteiger partial charge on any atom is 0.411 e. The first-order valence-corrected chi connectivity index (χ1v) is 5.93. The maximum absolute atomic E-state index is 12.9. The summed E-state index contributed by atoms with van der Waals surface area (Å²) in [4.78, 5) is 0. The van der Waals surface area contributed by atoms with Gasteiger partial charge in [-0.2, -0.15) is 13.2 Å². The van der Waals surface area contributed by atoms with Crippen molar-refractivity contribution in [3.05, 3.63) is 24.2 Å². The van der Waals surface area contributed by atoms with Crippen LogP contribution in [0.2, 0.25) is 0 Å². The molecule has 5 heteroatoms. The number of alkyl halides is 3. The molecule has 1 unspecified atom stereocenters. The Morgan fingerprint density at radius 1 is 1.24 bits per heavy atom. The first-order chi connectivity index (χ1) is 8.07. The molecule has 1 fully saturated rings. The highest BCUT2D eigenvalue weighted by Crippen LogP contribution is 2.34. The summed E-state index contributed by atoms with van der Waals surface area (Å²) in [5.74, 6) is -0.0527. The van der Waals surface area contributed by atoms with Crippen LogP contribution in [0.1, 0.15) is 43.9 Å². The van der Waals surface area contributed by atoms with Crippen molar-refractivity contribution in [1.82, 2.24) is 5.32 Å². The molecule has 0 aromatic carbocycles. The summed E-state index contributed by atoms with van der Waals surface area (Å²) in [6.07, 6.45) is 1.71. The van der Waals surface area contributed by atoms with Gasteiger partial charge in [-0.05, 0) is 25.0 Å². The van der Waals surface area contributed by atoms with Crippen LogP contribution in [0.15, 0.2) is 22.8 Å². The number of nitrogens with one attached hydrogen (secondary N) is 1. The average Bonchev–Trinajstić information content (AvgIpc) is 2.79. The zero-order chi connectivity index (χ0) is 12.3. The molecule has 1 aromatic rings. The lowest BCUT2D eigenvalue weighted by atomic mass is 9.94. The molecule has 1 aromatic heterocycles.